The molecule has 0 aromatic carbocycles. The minimum Gasteiger partial charge on any atom is -0.480 e. The Morgan fingerprint density at radius 3 is 2.37 bits per heavy atom. The number of carboxylic acids is 1. The van der Waals surface area contributed by atoms with Crippen LogP contribution in [-0.2, 0) is 9.53 Å². The Balaban J connectivity index is 4.55. The molecule has 0 heterocycles. The lowest BCUT2D eigenvalue weighted by molar-refractivity contribution is -0.141. The lowest BCUT2D eigenvalue weighted by atomic mass is 10.2. The zero-order valence-corrected chi connectivity index (χ0v) is 10.7. The Morgan fingerprint density at radius 1 is 1.42 bits per heavy atom. The van der Waals surface area contributed by atoms with E-state index in [-0.39, 0.29) is 19.6 Å². The smallest absolute Gasteiger partial charge is 0.406 e. The van der Waals surface area contributed by atoms with Gasteiger partial charge in [0.25, 0.3) is 0 Å². The molecule has 0 aromatic rings. The second-order valence-corrected chi connectivity index (χ2v) is 3.75. The van der Waals surface area contributed by atoms with Crippen LogP contribution in [0.2, 0.25) is 0 Å². The number of carboxylic acid groups (broad SMARTS) is 1. The number of nitrogens with zero attached hydrogens (tertiary/aromatic N) is 1. The topological polar surface area (TPSA) is 78.9 Å². The van der Waals surface area contributed by atoms with E-state index in [9.17, 15) is 22.8 Å². The van der Waals surface area contributed by atoms with Crippen molar-refractivity contribution in [2.45, 2.75) is 25.6 Å². The summed E-state index contributed by atoms with van der Waals surface area (Å²) in [6, 6.07) is -2.35. The van der Waals surface area contributed by atoms with Crippen molar-refractivity contribution in [1.29, 1.82) is 0 Å². The third kappa shape index (κ3) is 7.50. The summed E-state index contributed by atoms with van der Waals surface area (Å²) in [7, 11) is 1.35. The van der Waals surface area contributed by atoms with E-state index in [0.29, 0.717) is 4.90 Å². The first kappa shape index (κ1) is 17.5. The summed E-state index contributed by atoms with van der Waals surface area (Å²) < 4.78 is 41.2. The predicted octanol–water partition coefficient (Wildman–Crippen LogP) is 1.07. The summed E-state index contributed by atoms with van der Waals surface area (Å²) in [5, 5.41) is 10.9. The van der Waals surface area contributed by atoms with Crippen LogP contribution in [0.5, 0.6) is 0 Å². The first-order valence-corrected chi connectivity index (χ1v) is 5.55. The molecule has 6 nitrogen and oxygen atoms in total. The number of hydrogen-bond donors (Lipinski definition) is 2. The van der Waals surface area contributed by atoms with Gasteiger partial charge in [0.05, 0.1) is 0 Å². The van der Waals surface area contributed by atoms with E-state index in [0.717, 1.165) is 0 Å². The lowest BCUT2D eigenvalue weighted by Gasteiger charge is -2.24. The molecule has 0 fully saturated rings. The molecule has 0 saturated carbocycles. The predicted molar refractivity (Wildman–Crippen MR) is 59.8 cm³/mol. The Bertz CT molecular complexity index is 310. The highest BCUT2D eigenvalue weighted by atomic mass is 19.4. The van der Waals surface area contributed by atoms with Crippen LogP contribution in [0.1, 0.15) is 13.3 Å². The van der Waals surface area contributed by atoms with E-state index in [1.807, 2.05) is 5.32 Å². The van der Waals surface area contributed by atoms with Crippen LogP contribution in [0, 0.1) is 0 Å². The number of alkyl halides is 3. The fourth-order valence-corrected chi connectivity index (χ4v) is 1.28. The van der Waals surface area contributed by atoms with Gasteiger partial charge in [-0.1, -0.05) is 0 Å². The van der Waals surface area contributed by atoms with Crippen LogP contribution in [0.3, 0.4) is 0 Å². The van der Waals surface area contributed by atoms with Gasteiger partial charge in [0.1, 0.15) is 12.6 Å². The number of carbonyl (C=O) groups excluding carboxylic acids is 1. The average molecular weight is 286 g/mol. The van der Waals surface area contributed by atoms with Gasteiger partial charge < -0.3 is 20.1 Å². The van der Waals surface area contributed by atoms with Gasteiger partial charge in [0.15, 0.2) is 0 Å². The number of halogens is 3. The highest BCUT2D eigenvalue weighted by Crippen LogP contribution is 2.16. The molecule has 2 N–H and O–H groups in total. The summed E-state index contributed by atoms with van der Waals surface area (Å²) in [6.07, 6.45) is -4.56. The molecule has 112 valence electrons. The third-order valence-electron chi connectivity index (χ3n) is 2.25. The maximum absolute atomic E-state index is 12.2. The molecule has 0 spiro atoms. The molecule has 0 aliphatic heterocycles. The molecule has 0 saturated heterocycles. The minimum atomic E-state index is -4.53. The molecule has 0 aromatic heterocycles. The van der Waals surface area contributed by atoms with Crippen molar-refractivity contribution in [1.82, 2.24) is 10.2 Å². The molecule has 9 heteroatoms. The first-order valence-electron chi connectivity index (χ1n) is 5.55. The standard InChI is InChI=1S/C10H17F3N2O4/c1-3-15(6-10(11,12)13)9(18)14-7(8(16)17)4-5-19-2/h7H,3-6H2,1-2H3,(H,14,18)(H,16,17). The average Bonchev–Trinajstić information content (AvgIpc) is 2.29. The van der Waals surface area contributed by atoms with Crippen LogP contribution in [0.15, 0.2) is 0 Å². The van der Waals surface area contributed by atoms with E-state index in [2.05, 4.69) is 4.74 Å². The summed E-state index contributed by atoms with van der Waals surface area (Å²) in [4.78, 5) is 22.9. The summed E-state index contributed by atoms with van der Waals surface area (Å²) in [5.74, 6) is -1.33. The number of nitrogens with one attached hydrogen (secondary N) is 1. The maximum Gasteiger partial charge on any atom is 0.406 e. The van der Waals surface area contributed by atoms with Crippen molar-refractivity contribution in [2.75, 3.05) is 26.8 Å². The van der Waals surface area contributed by atoms with Crippen molar-refractivity contribution in [3.63, 3.8) is 0 Å². The Morgan fingerprint density at radius 2 is 2.00 bits per heavy atom. The van der Waals surface area contributed by atoms with Crippen molar-refractivity contribution in [3.8, 4) is 0 Å². The van der Waals surface area contributed by atoms with Gasteiger partial charge in [-0.2, -0.15) is 13.2 Å². The Kier molecular flexibility index (Phi) is 7.20. The highest BCUT2D eigenvalue weighted by Gasteiger charge is 2.33. The summed E-state index contributed by atoms with van der Waals surface area (Å²) in [5.41, 5.74) is 0. The zero-order chi connectivity index (χ0) is 15.1. The van der Waals surface area contributed by atoms with Gasteiger partial charge in [0, 0.05) is 26.7 Å². The molecule has 0 radical (unpaired) electrons. The SMILES string of the molecule is CCN(CC(F)(F)F)C(=O)NC(CCOC)C(=O)O. The molecule has 1 atom stereocenters. The van der Waals surface area contributed by atoms with Crippen molar-refractivity contribution in [3.05, 3.63) is 0 Å². The van der Waals surface area contributed by atoms with Crippen molar-refractivity contribution < 1.29 is 32.6 Å². The second-order valence-electron chi connectivity index (χ2n) is 3.75. The fraction of sp³-hybridized carbons (Fsp3) is 0.800. The van der Waals surface area contributed by atoms with Crippen molar-refractivity contribution >= 4 is 12.0 Å². The van der Waals surface area contributed by atoms with Crippen LogP contribution in [0.4, 0.5) is 18.0 Å². The maximum atomic E-state index is 12.2. The molecular weight excluding hydrogens is 269 g/mol. The summed E-state index contributed by atoms with van der Waals surface area (Å²) in [6.45, 7) is -0.160. The fourth-order valence-electron chi connectivity index (χ4n) is 1.28. The molecule has 0 bridgehead atoms. The molecule has 0 aliphatic rings. The van der Waals surface area contributed by atoms with E-state index in [4.69, 9.17) is 5.11 Å². The quantitative estimate of drug-likeness (QED) is 0.733. The van der Waals surface area contributed by atoms with Crippen LogP contribution >= 0.6 is 0 Å². The summed E-state index contributed by atoms with van der Waals surface area (Å²) >= 11 is 0. The van der Waals surface area contributed by atoms with Gasteiger partial charge in [-0.05, 0) is 6.92 Å². The van der Waals surface area contributed by atoms with Crippen LogP contribution in [0.25, 0.3) is 0 Å². The number of urea groups is 1. The molecule has 1 unspecified atom stereocenters. The number of carbonyl (C=O) groups is 2. The first-order chi connectivity index (χ1) is 8.71. The van der Waals surface area contributed by atoms with E-state index in [1.54, 1.807) is 0 Å². The van der Waals surface area contributed by atoms with Crippen molar-refractivity contribution in [2.24, 2.45) is 0 Å². The van der Waals surface area contributed by atoms with E-state index >= 15 is 0 Å². The number of amides is 2. The Hall–Kier alpha value is -1.51. The van der Waals surface area contributed by atoms with Gasteiger partial charge in [-0.15, -0.1) is 0 Å². The largest absolute Gasteiger partial charge is 0.480 e. The molecule has 0 aliphatic carbocycles. The normalized spacial score (nSPS) is 12.9. The molecular formula is C10H17F3N2O4. The molecule has 19 heavy (non-hydrogen) atoms. The third-order valence-corrected chi connectivity index (χ3v) is 2.25. The lowest BCUT2D eigenvalue weighted by Crippen LogP contribution is -2.50. The number of ether oxygens (including phenoxy) is 1. The van der Waals surface area contributed by atoms with E-state index < -0.39 is 30.8 Å². The second kappa shape index (κ2) is 7.82. The van der Waals surface area contributed by atoms with Crippen LogP contribution in [-0.4, -0.2) is 61.0 Å². The molecule has 2 amide bonds. The van der Waals surface area contributed by atoms with E-state index in [1.165, 1.54) is 14.0 Å². The van der Waals surface area contributed by atoms with Crippen LogP contribution < -0.4 is 5.32 Å². The number of hydrogen-bond acceptors (Lipinski definition) is 3. The highest BCUT2D eigenvalue weighted by molar-refractivity contribution is 5.82. The van der Waals surface area contributed by atoms with Gasteiger partial charge in [0.2, 0.25) is 0 Å². The molecule has 0 rings (SSSR count). The van der Waals surface area contributed by atoms with Gasteiger partial charge in [-0.3, -0.25) is 0 Å². The Labute approximate surface area is 108 Å². The minimum absolute atomic E-state index is 0.0266. The number of aliphatic carboxylic acids is 1. The van der Waals surface area contributed by atoms with Gasteiger partial charge in [-0.25, -0.2) is 9.59 Å². The zero-order valence-electron chi connectivity index (χ0n) is 10.7. The number of rotatable bonds is 7. The monoisotopic (exact) mass is 286 g/mol. The number of methoxy groups -OCH3 is 1. The van der Waals surface area contributed by atoms with Gasteiger partial charge >= 0.3 is 18.2 Å².